The van der Waals surface area contributed by atoms with E-state index in [1.165, 1.54) is 32.1 Å². The molecule has 1 aliphatic rings. The minimum Gasteiger partial charge on any atom is -0.352 e. The molecule has 5 nitrogen and oxygen atoms in total. The number of nitrogens with two attached hydrogens (primary N) is 1. The quantitative estimate of drug-likeness (QED) is 0.698. The van der Waals surface area contributed by atoms with Crippen molar-refractivity contribution < 1.29 is 13.2 Å². The molecule has 0 radical (unpaired) electrons. The van der Waals surface area contributed by atoms with Crippen molar-refractivity contribution in [3.63, 3.8) is 0 Å². The first-order chi connectivity index (χ1) is 9.81. The lowest BCUT2D eigenvalue weighted by molar-refractivity contribution is -0.123. The highest BCUT2D eigenvalue weighted by molar-refractivity contribution is 7.90. The third kappa shape index (κ3) is 8.96. The van der Waals surface area contributed by atoms with Gasteiger partial charge in [-0.1, -0.05) is 26.2 Å². The van der Waals surface area contributed by atoms with E-state index >= 15 is 0 Å². The minimum atomic E-state index is -3.06. The Kier molecular flexibility index (Phi) is 10.3. The molecule has 1 amide bonds. The number of nitrogens with one attached hydrogen (secondary N) is 1. The highest BCUT2D eigenvalue weighted by Gasteiger charge is 2.24. The maximum absolute atomic E-state index is 12.0. The molecule has 1 atom stereocenters. The molecule has 1 saturated carbocycles. The van der Waals surface area contributed by atoms with E-state index in [0.29, 0.717) is 0 Å². The zero-order valence-electron chi connectivity index (χ0n) is 13.7. The first-order valence-electron chi connectivity index (χ1n) is 8.05. The molecule has 1 rings (SSSR count). The van der Waals surface area contributed by atoms with Crippen LogP contribution in [-0.2, 0) is 14.6 Å². The number of hydrogen-bond acceptors (Lipinski definition) is 4. The van der Waals surface area contributed by atoms with E-state index in [2.05, 4.69) is 12.2 Å². The fraction of sp³-hybridized carbons (Fsp3) is 0.933. The number of unbranched alkanes of at least 4 members (excludes halogenated alkanes) is 1. The second-order valence-corrected chi connectivity index (χ2v) is 8.65. The van der Waals surface area contributed by atoms with Crippen LogP contribution in [0, 0.1) is 5.92 Å². The van der Waals surface area contributed by atoms with Crippen LogP contribution in [-0.4, -0.2) is 38.4 Å². The summed E-state index contributed by atoms with van der Waals surface area (Å²) in [6.07, 6.45) is 9.55. The van der Waals surface area contributed by atoms with Crippen molar-refractivity contribution in [2.75, 3.05) is 12.0 Å². The summed E-state index contributed by atoms with van der Waals surface area (Å²) >= 11 is 0. The second-order valence-electron chi connectivity index (χ2n) is 6.39. The topological polar surface area (TPSA) is 89.3 Å². The summed E-state index contributed by atoms with van der Waals surface area (Å²) in [7, 11) is -3.06. The third-order valence-electron chi connectivity index (χ3n) is 4.30. The minimum absolute atomic E-state index is 0. The van der Waals surface area contributed by atoms with E-state index < -0.39 is 15.9 Å². The van der Waals surface area contributed by atoms with Gasteiger partial charge in [0, 0.05) is 12.3 Å². The molecule has 0 heterocycles. The molecule has 1 fully saturated rings. The fourth-order valence-corrected chi connectivity index (χ4v) is 3.55. The van der Waals surface area contributed by atoms with Crippen LogP contribution in [0.15, 0.2) is 0 Å². The van der Waals surface area contributed by atoms with Crippen LogP contribution < -0.4 is 11.1 Å². The van der Waals surface area contributed by atoms with Crippen LogP contribution in [0.1, 0.15) is 58.3 Å². The zero-order valence-corrected chi connectivity index (χ0v) is 15.3. The predicted octanol–water partition coefficient (Wildman–Crippen LogP) is 2.04. The average Bonchev–Trinajstić information content (AvgIpc) is 2.43. The Hall–Kier alpha value is -0.330. The summed E-state index contributed by atoms with van der Waals surface area (Å²) < 4.78 is 22.2. The van der Waals surface area contributed by atoms with E-state index in [0.717, 1.165) is 25.0 Å². The highest BCUT2D eigenvalue weighted by atomic mass is 35.5. The lowest BCUT2D eigenvalue weighted by Gasteiger charge is -2.29. The van der Waals surface area contributed by atoms with Gasteiger partial charge in [0.2, 0.25) is 5.91 Å². The molecule has 0 aliphatic heterocycles. The van der Waals surface area contributed by atoms with Gasteiger partial charge in [-0.05, 0) is 38.0 Å². The third-order valence-corrected chi connectivity index (χ3v) is 5.27. The molecule has 3 N–H and O–H groups in total. The summed E-state index contributed by atoms with van der Waals surface area (Å²) in [5.74, 6) is 0.554. The van der Waals surface area contributed by atoms with Crippen LogP contribution >= 0.6 is 12.4 Å². The number of carbonyl (C=O) groups is 1. The lowest BCUT2D eigenvalue weighted by atomic mass is 9.83. The van der Waals surface area contributed by atoms with Gasteiger partial charge < -0.3 is 11.1 Å². The summed E-state index contributed by atoms with van der Waals surface area (Å²) in [4.78, 5) is 12.0. The molecular formula is C15H31ClN2O3S. The van der Waals surface area contributed by atoms with Gasteiger partial charge in [-0.3, -0.25) is 4.79 Å². The Morgan fingerprint density at radius 1 is 1.27 bits per heavy atom. The summed E-state index contributed by atoms with van der Waals surface area (Å²) in [5, 5.41) is 2.97. The zero-order chi connectivity index (χ0) is 15.9. The van der Waals surface area contributed by atoms with Gasteiger partial charge in [0.05, 0.1) is 11.8 Å². The molecule has 1 unspecified atom stereocenters. The van der Waals surface area contributed by atoms with Gasteiger partial charge in [-0.2, -0.15) is 0 Å². The van der Waals surface area contributed by atoms with Crippen molar-refractivity contribution in [2.45, 2.75) is 70.4 Å². The van der Waals surface area contributed by atoms with E-state index in [1.807, 2.05) is 0 Å². The Balaban J connectivity index is 0.00000441. The van der Waals surface area contributed by atoms with Crippen molar-refractivity contribution in [3.05, 3.63) is 0 Å². The molecule has 22 heavy (non-hydrogen) atoms. The highest BCUT2D eigenvalue weighted by Crippen LogP contribution is 2.28. The Bertz CT molecular complexity index is 421. The predicted molar refractivity (Wildman–Crippen MR) is 93.0 cm³/mol. The normalized spacial score (nSPS) is 23.4. The maximum atomic E-state index is 12.0. The van der Waals surface area contributed by atoms with Crippen LogP contribution in [0.3, 0.4) is 0 Å². The van der Waals surface area contributed by atoms with Crippen LogP contribution in [0.2, 0.25) is 0 Å². The first-order valence-corrected chi connectivity index (χ1v) is 10.1. The van der Waals surface area contributed by atoms with Crippen LogP contribution in [0.5, 0.6) is 0 Å². The first kappa shape index (κ1) is 21.7. The molecule has 0 bridgehead atoms. The number of rotatable bonds is 8. The van der Waals surface area contributed by atoms with Gasteiger partial charge in [0.15, 0.2) is 0 Å². The van der Waals surface area contributed by atoms with Gasteiger partial charge in [-0.25, -0.2) is 8.42 Å². The standard InChI is InChI=1S/C15H30N2O3S.ClH/c1-3-4-5-12-6-8-13(9-7-12)17-15(18)14(16)10-11-21(2,19)20;/h12-14H,3-11,16H2,1-2H3,(H,17,18);1H. The van der Waals surface area contributed by atoms with Crippen molar-refractivity contribution in [1.29, 1.82) is 0 Å². The molecule has 1 aliphatic carbocycles. The SMILES string of the molecule is CCCCC1CCC(NC(=O)C(N)CCS(C)(=O)=O)CC1.Cl. The van der Waals surface area contributed by atoms with Crippen molar-refractivity contribution in [3.8, 4) is 0 Å². The van der Waals surface area contributed by atoms with Gasteiger partial charge in [0.25, 0.3) is 0 Å². The fourth-order valence-electron chi connectivity index (χ4n) is 2.87. The summed E-state index contributed by atoms with van der Waals surface area (Å²) in [6, 6.07) is -0.516. The van der Waals surface area contributed by atoms with Crippen LogP contribution in [0.25, 0.3) is 0 Å². The number of halogens is 1. The number of sulfone groups is 1. The van der Waals surface area contributed by atoms with Gasteiger partial charge >= 0.3 is 0 Å². The van der Waals surface area contributed by atoms with Crippen molar-refractivity contribution in [2.24, 2.45) is 11.7 Å². The largest absolute Gasteiger partial charge is 0.352 e. The number of hydrogen-bond donors (Lipinski definition) is 2. The smallest absolute Gasteiger partial charge is 0.237 e. The average molecular weight is 355 g/mol. The summed E-state index contributed by atoms with van der Waals surface area (Å²) in [5.41, 5.74) is 5.76. The van der Waals surface area contributed by atoms with Gasteiger partial charge in [0.1, 0.15) is 9.84 Å². The molecule has 0 aromatic rings. The Morgan fingerprint density at radius 3 is 2.36 bits per heavy atom. The molecule has 132 valence electrons. The maximum Gasteiger partial charge on any atom is 0.237 e. The summed E-state index contributed by atoms with van der Waals surface area (Å²) in [6.45, 7) is 2.21. The van der Waals surface area contributed by atoms with Gasteiger partial charge in [-0.15, -0.1) is 12.4 Å². The molecule has 0 saturated heterocycles. The molecular weight excluding hydrogens is 324 g/mol. The molecule has 0 spiro atoms. The van der Waals surface area contributed by atoms with E-state index in [1.54, 1.807) is 0 Å². The number of carbonyl (C=O) groups excluding carboxylic acids is 1. The van der Waals surface area contributed by atoms with Crippen LogP contribution in [0.4, 0.5) is 0 Å². The Morgan fingerprint density at radius 2 is 1.86 bits per heavy atom. The van der Waals surface area contributed by atoms with E-state index in [4.69, 9.17) is 5.73 Å². The molecule has 7 heteroatoms. The van der Waals surface area contributed by atoms with E-state index in [9.17, 15) is 13.2 Å². The van der Waals surface area contributed by atoms with Crippen molar-refractivity contribution in [1.82, 2.24) is 5.32 Å². The van der Waals surface area contributed by atoms with E-state index in [-0.39, 0.29) is 36.5 Å². The Labute approximate surface area is 141 Å². The monoisotopic (exact) mass is 354 g/mol. The number of amides is 1. The lowest BCUT2D eigenvalue weighted by Crippen LogP contribution is -2.47. The second kappa shape index (κ2) is 10.4. The van der Waals surface area contributed by atoms with Crippen molar-refractivity contribution >= 4 is 28.2 Å². The molecule has 0 aromatic carbocycles. The molecule has 0 aromatic heterocycles.